The number of rotatable bonds is 14. The number of guanidine groups is 1. The Kier molecular flexibility index (Phi) is 12.1. The van der Waals surface area contributed by atoms with Crippen molar-refractivity contribution in [2.75, 3.05) is 19.6 Å². The predicted molar refractivity (Wildman–Crippen MR) is 123 cm³/mol. The summed E-state index contributed by atoms with van der Waals surface area (Å²) < 4.78 is 0. The van der Waals surface area contributed by atoms with E-state index in [1.807, 2.05) is 0 Å². The fourth-order valence-electron chi connectivity index (χ4n) is 3.55. The number of carboxylic acids is 1. The third kappa shape index (κ3) is 9.61. The minimum Gasteiger partial charge on any atom is -0.480 e. The molecule has 4 unspecified atom stereocenters. The molecule has 0 aliphatic carbocycles. The summed E-state index contributed by atoms with van der Waals surface area (Å²) in [7, 11) is 0. The molecule has 13 heteroatoms. The highest BCUT2D eigenvalue weighted by molar-refractivity contribution is 5.94. The van der Waals surface area contributed by atoms with Crippen LogP contribution in [0.2, 0.25) is 0 Å². The van der Waals surface area contributed by atoms with Gasteiger partial charge >= 0.3 is 5.97 Å². The zero-order valence-corrected chi connectivity index (χ0v) is 19.2. The average Bonchev–Trinajstić information content (AvgIpc) is 3.25. The molecule has 13 nitrogen and oxygen atoms in total. The molecule has 33 heavy (non-hydrogen) atoms. The third-order valence-corrected chi connectivity index (χ3v) is 5.43. The molecule has 0 aromatic heterocycles. The van der Waals surface area contributed by atoms with E-state index in [4.69, 9.17) is 28.0 Å². The van der Waals surface area contributed by atoms with Crippen LogP contribution < -0.4 is 33.6 Å². The molecule has 0 saturated carbocycles. The van der Waals surface area contributed by atoms with Crippen LogP contribution in [0.25, 0.3) is 0 Å². The van der Waals surface area contributed by atoms with E-state index in [2.05, 4.69) is 15.6 Å². The molecule has 11 N–H and O–H groups in total. The smallest absolute Gasteiger partial charge is 0.325 e. The molecule has 0 radical (unpaired) electrons. The lowest BCUT2D eigenvalue weighted by Gasteiger charge is -2.29. The van der Waals surface area contributed by atoms with Crippen LogP contribution in [-0.2, 0) is 19.2 Å². The van der Waals surface area contributed by atoms with Crippen molar-refractivity contribution < 1.29 is 24.3 Å². The number of carbonyl (C=O) groups excluding carboxylic acids is 3. The van der Waals surface area contributed by atoms with Crippen LogP contribution >= 0.6 is 0 Å². The summed E-state index contributed by atoms with van der Waals surface area (Å²) in [5.74, 6) is -2.61. The van der Waals surface area contributed by atoms with Crippen LogP contribution in [0.15, 0.2) is 4.99 Å². The topological polar surface area (TPSA) is 232 Å². The highest BCUT2D eigenvalue weighted by atomic mass is 16.4. The summed E-state index contributed by atoms with van der Waals surface area (Å²) in [6, 6.07) is -3.58. The number of aliphatic carboxylic acids is 1. The monoisotopic (exact) mass is 470 g/mol. The lowest BCUT2D eigenvalue weighted by Crippen LogP contribution is -2.56. The van der Waals surface area contributed by atoms with E-state index in [1.165, 1.54) is 11.8 Å². The van der Waals surface area contributed by atoms with Crippen molar-refractivity contribution >= 4 is 29.7 Å². The maximum absolute atomic E-state index is 13.3. The fourth-order valence-corrected chi connectivity index (χ4v) is 3.55. The molecule has 4 atom stereocenters. The summed E-state index contributed by atoms with van der Waals surface area (Å²) in [5, 5.41) is 14.2. The van der Waals surface area contributed by atoms with Gasteiger partial charge in [-0.15, -0.1) is 0 Å². The van der Waals surface area contributed by atoms with Crippen LogP contribution in [0.4, 0.5) is 0 Å². The molecule has 1 heterocycles. The Hall–Kier alpha value is -2.93. The normalized spacial score (nSPS) is 18.2. The maximum atomic E-state index is 13.3. The van der Waals surface area contributed by atoms with Crippen molar-refractivity contribution in [1.82, 2.24) is 15.5 Å². The molecule has 1 rings (SSSR count). The molecule has 0 spiro atoms. The number of nitrogens with one attached hydrogen (secondary N) is 2. The predicted octanol–water partition coefficient (Wildman–Crippen LogP) is -2.44. The van der Waals surface area contributed by atoms with Gasteiger partial charge in [0, 0.05) is 13.1 Å². The fraction of sp³-hybridized carbons (Fsp3) is 0.750. The molecule has 1 fully saturated rings. The summed E-state index contributed by atoms with van der Waals surface area (Å²) in [6.45, 7) is 2.47. The number of nitrogens with zero attached hydrogens (tertiary/aromatic N) is 2. The van der Waals surface area contributed by atoms with E-state index in [0.717, 1.165) is 0 Å². The molecular weight excluding hydrogens is 432 g/mol. The van der Waals surface area contributed by atoms with E-state index >= 15 is 0 Å². The van der Waals surface area contributed by atoms with Crippen molar-refractivity contribution in [2.24, 2.45) is 27.9 Å². The molecule has 0 bridgehead atoms. The van der Waals surface area contributed by atoms with Crippen molar-refractivity contribution in [3.63, 3.8) is 0 Å². The quantitative estimate of drug-likeness (QED) is 0.0810. The van der Waals surface area contributed by atoms with Gasteiger partial charge in [0.1, 0.15) is 18.1 Å². The molecule has 3 amide bonds. The van der Waals surface area contributed by atoms with Crippen LogP contribution in [0.1, 0.15) is 51.9 Å². The Morgan fingerprint density at radius 1 is 1.12 bits per heavy atom. The standard InChI is InChI=1S/C20H38N8O5/c1-12(19(32)33)26-17(30)15-8-5-11-28(15)18(31)14(7-2-3-9-21)27-16(29)13(22)6-4-10-25-20(23)24/h12-15H,2-11,21-22H2,1H3,(H,26,30)(H,27,29)(H,32,33)(H4,23,24,25). The summed E-state index contributed by atoms with van der Waals surface area (Å²) in [5.41, 5.74) is 22.1. The number of likely N-dealkylation sites (tertiary alicyclic amines) is 1. The van der Waals surface area contributed by atoms with Gasteiger partial charge in [-0.05, 0) is 58.4 Å². The molecule has 1 aliphatic heterocycles. The summed E-state index contributed by atoms with van der Waals surface area (Å²) in [4.78, 5) is 54.7. The molecule has 1 aliphatic rings. The van der Waals surface area contributed by atoms with E-state index in [1.54, 1.807) is 0 Å². The second-order valence-electron chi connectivity index (χ2n) is 8.16. The van der Waals surface area contributed by atoms with Gasteiger partial charge in [-0.3, -0.25) is 24.2 Å². The number of unbranched alkanes of at least 4 members (excludes halogenated alkanes) is 1. The SMILES string of the molecule is CC(NC(=O)C1CCCN1C(=O)C(CCCCN)NC(=O)C(N)CCCN=C(N)N)C(=O)O. The second-order valence-corrected chi connectivity index (χ2v) is 8.16. The van der Waals surface area contributed by atoms with Crippen LogP contribution in [0, 0.1) is 0 Å². The number of carboxylic acid groups (broad SMARTS) is 1. The Labute approximate surface area is 193 Å². The van der Waals surface area contributed by atoms with Crippen molar-refractivity contribution in [2.45, 2.75) is 76.0 Å². The highest BCUT2D eigenvalue weighted by Crippen LogP contribution is 2.20. The van der Waals surface area contributed by atoms with E-state index in [0.29, 0.717) is 64.6 Å². The lowest BCUT2D eigenvalue weighted by molar-refractivity contribution is -0.144. The zero-order chi connectivity index (χ0) is 25.0. The molecular formula is C20H38N8O5. The van der Waals surface area contributed by atoms with E-state index in [-0.39, 0.29) is 5.96 Å². The van der Waals surface area contributed by atoms with Gasteiger partial charge in [-0.1, -0.05) is 0 Å². The lowest BCUT2D eigenvalue weighted by atomic mass is 10.1. The molecule has 0 aromatic rings. The van der Waals surface area contributed by atoms with Gasteiger partial charge < -0.3 is 43.6 Å². The molecule has 0 aromatic carbocycles. The van der Waals surface area contributed by atoms with E-state index < -0.39 is 47.9 Å². The number of hydrogen-bond acceptors (Lipinski definition) is 7. The van der Waals surface area contributed by atoms with Gasteiger partial charge in [-0.25, -0.2) is 0 Å². The zero-order valence-electron chi connectivity index (χ0n) is 19.2. The molecule has 188 valence electrons. The summed E-state index contributed by atoms with van der Waals surface area (Å²) in [6.07, 6.45) is 3.45. The van der Waals surface area contributed by atoms with Gasteiger partial charge in [0.05, 0.1) is 6.04 Å². The summed E-state index contributed by atoms with van der Waals surface area (Å²) >= 11 is 0. The minimum absolute atomic E-state index is 0.0412. The molecule has 1 saturated heterocycles. The van der Waals surface area contributed by atoms with Gasteiger partial charge in [0.25, 0.3) is 0 Å². The van der Waals surface area contributed by atoms with Crippen molar-refractivity contribution in [1.29, 1.82) is 0 Å². The number of carbonyl (C=O) groups is 4. The van der Waals surface area contributed by atoms with Crippen LogP contribution in [-0.4, -0.2) is 83.5 Å². The second kappa shape index (κ2) is 14.3. The van der Waals surface area contributed by atoms with Gasteiger partial charge in [0.15, 0.2) is 5.96 Å². The Bertz CT molecular complexity index is 713. The Morgan fingerprint density at radius 3 is 2.42 bits per heavy atom. The Morgan fingerprint density at radius 2 is 1.82 bits per heavy atom. The number of hydrogen-bond donors (Lipinski definition) is 7. The first-order valence-corrected chi connectivity index (χ1v) is 11.2. The number of amides is 3. The first kappa shape index (κ1) is 28.1. The van der Waals surface area contributed by atoms with Crippen molar-refractivity contribution in [3.05, 3.63) is 0 Å². The number of aliphatic imine (C=N–C) groups is 1. The Balaban J connectivity index is 2.82. The highest BCUT2D eigenvalue weighted by Gasteiger charge is 2.38. The van der Waals surface area contributed by atoms with Gasteiger partial charge in [-0.2, -0.15) is 0 Å². The van der Waals surface area contributed by atoms with Crippen LogP contribution in [0.5, 0.6) is 0 Å². The average molecular weight is 471 g/mol. The maximum Gasteiger partial charge on any atom is 0.325 e. The largest absolute Gasteiger partial charge is 0.480 e. The number of nitrogens with two attached hydrogens (primary N) is 4. The van der Waals surface area contributed by atoms with Crippen molar-refractivity contribution in [3.8, 4) is 0 Å². The van der Waals surface area contributed by atoms with E-state index in [9.17, 15) is 19.2 Å². The minimum atomic E-state index is -1.17. The first-order valence-electron chi connectivity index (χ1n) is 11.2. The third-order valence-electron chi connectivity index (χ3n) is 5.43. The first-order chi connectivity index (χ1) is 15.6. The van der Waals surface area contributed by atoms with Crippen LogP contribution in [0.3, 0.4) is 0 Å². The van der Waals surface area contributed by atoms with Gasteiger partial charge in [0.2, 0.25) is 17.7 Å².